The van der Waals surface area contributed by atoms with Gasteiger partial charge in [-0.2, -0.15) is 0 Å². The van der Waals surface area contributed by atoms with E-state index in [4.69, 9.17) is 11.5 Å². The van der Waals surface area contributed by atoms with Crippen LogP contribution in [0.15, 0.2) is 0 Å². The molecule has 0 fully saturated rings. The van der Waals surface area contributed by atoms with Crippen molar-refractivity contribution in [1.82, 2.24) is 4.90 Å². The molecule has 0 aliphatic rings. The average Bonchev–Trinajstić information content (AvgIpc) is 1.65. The standard InChI is InChI=1S/C5H15N3/c1-5(7)3-8(2)4-6/h5H,3-4,6-7H2,1-2H3. The van der Waals surface area contributed by atoms with Crippen molar-refractivity contribution >= 4 is 0 Å². The molecule has 0 saturated heterocycles. The van der Waals surface area contributed by atoms with Crippen molar-refractivity contribution in [3.8, 4) is 0 Å². The van der Waals surface area contributed by atoms with Crippen LogP contribution in [0.4, 0.5) is 0 Å². The van der Waals surface area contributed by atoms with Crippen molar-refractivity contribution in [1.29, 1.82) is 0 Å². The fourth-order valence-electron chi connectivity index (χ4n) is 0.566. The Morgan fingerprint density at radius 2 is 2.12 bits per heavy atom. The molecular formula is C5H15N3. The minimum atomic E-state index is 0.226. The summed E-state index contributed by atoms with van der Waals surface area (Å²) in [4.78, 5) is 1.98. The summed E-state index contributed by atoms with van der Waals surface area (Å²) in [6, 6.07) is 0.226. The van der Waals surface area contributed by atoms with Crippen molar-refractivity contribution in [2.24, 2.45) is 11.5 Å². The third-order valence-corrected chi connectivity index (χ3v) is 0.911. The first-order valence-corrected chi connectivity index (χ1v) is 2.81. The van der Waals surface area contributed by atoms with Gasteiger partial charge in [0.05, 0.1) is 0 Å². The molecule has 8 heavy (non-hydrogen) atoms. The van der Waals surface area contributed by atoms with E-state index in [1.807, 2.05) is 18.9 Å². The van der Waals surface area contributed by atoms with E-state index in [1.165, 1.54) is 0 Å². The van der Waals surface area contributed by atoms with E-state index in [0.29, 0.717) is 6.67 Å². The minimum Gasteiger partial charge on any atom is -0.327 e. The van der Waals surface area contributed by atoms with Gasteiger partial charge in [0.25, 0.3) is 0 Å². The average molecular weight is 117 g/mol. The Morgan fingerprint density at radius 1 is 1.62 bits per heavy atom. The van der Waals surface area contributed by atoms with Crippen molar-refractivity contribution in [3.05, 3.63) is 0 Å². The molecule has 0 heterocycles. The number of hydrogen-bond acceptors (Lipinski definition) is 3. The molecule has 1 unspecified atom stereocenters. The van der Waals surface area contributed by atoms with Crippen LogP contribution in [0.2, 0.25) is 0 Å². The van der Waals surface area contributed by atoms with Crippen LogP contribution in [0, 0.1) is 0 Å². The summed E-state index contributed by atoms with van der Waals surface area (Å²) < 4.78 is 0. The smallest absolute Gasteiger partial charge is 0.0452 e. The molecule has 0 spiro atoms. The summed E-state index contributed by atoms with van der Waals surface area (Å²) in [6.07, 6.45) is 0. The third-order valence-electron chi connectivity index (χ3n) is 0.911. The van der Waals surface area contributed by atoms with Gasteiger partial charge in [0.1, 0.15) is 0 Å². The molecule has 50 valence electrons. The molecular weight excluding hydrogens is 102 g/mol. The Kier molecular flexibility index (Phi) is 3.77. The van der Waals surface area contributed by atoms with Gasteiger partial charge >= 0.3 is 0 Å². The summed E-state index contributed by atoms with van der Waals surface area (Å²) in [7, 11) is 1.95. The van der Waals surface area contributed by atoms with E-state index < -0.39 is 0 Å². The number of nitrogens with zero attached hydrogens (tertiary/aromatic N) is 1. The number of hydrogen-bond donors (Lipinski definition) is 2. The lowest BCUT2D eigenvalue weighted by atomic mass is 10.3. The van der Waals surface area contributed by atoms with E-state index in [2.05, 4.69) is 0 Å². The second kappa shape index (κ2) is 3.83. The first kappa shape index (κ1) is 7.88. The van der Waals surface area contributed by atoms with Gasteiger partial charge in [-0.05, 0) is 14.0 Å². The lowest BCUT2D eigenvalue weighted by Gasteiger charge is -2.15. The molecule has 0 amide bonds. The van der Waals surface area contributed by atoms with Crippen LogP contribution in [-0.2, 0) is 0 Å². The molecule has 3 nitrogen and oxygen atoms in total. The maximum Gasteiger partial charge on any atom is 0.0452 e. The van der Waals surface area contributed by atoms with Crippen LogP contribution in [0.5, 0.6) is 0 Å². The summed E-state index contributed by atoms with van der Waals surface area (Å²) in [5.41, 5.74) is 10.8. The van der Waals surface area contributed by atoms with Crippen LogP contribution in [-0.4, -0.2) is 31.2 Å². The fraction of sp³-hybridized carbons (Fsp3) is 1.00. The highest BCUT2D eigenvalue weighted by Gasteiger charge is 1.96. The van der Waals surface area contributed by atoms with Gasteiger partial charge < -0.3 is 11.5 Å². The normalized spacial score (nSPS) is 14.6. The second-order valence-electron chi connectivity index (χ2n) is 2.20. The number of nitrogens with two attached hydrogens (primary N) is 2. The highest BCUT2D eigenvalue weighted by Crippen LogP contribution is 1.79. The zero-order chi connectivity index (χ0) is 6.57. The number of likely N-dealkylation sites (N-methyl/N-ethyl adjacent to an activating group) is 1. The van der Waals surface area contributed by atoms with Gasteiger partial charge in [-0.25, -0.2) is 0 Å². The Balaban J connectivity index is 3.10. The van der Waals surface area contributed by atoms with Gasteiger partial charge in [0, 0.05) is 19.3 Å². The SMILES string of the molecule is CC(N)CN(C)CN. The maximum atomic E-state index is 5.47. The van der Waals surface area contributed by atoms with Crippen LogP contribution in [0.1, 0.15) is 6.92 Å². The van der Waals surface area contributed by atoms with Crippen LogP contribution >= 0.6 is 0 Å². The zero-order valence-corrected chi connectivity index (χ0v) is 5.59. The van der Waals surface area contributed by atoms with E-state index in [0.717, 1.165) is 6.54 Å². The van der Waals surface area contributed by atoms with Crippen molar-refractivity contribution in [3.63, 3.8) is 0 Å². The molecule has 0 aromatic heterocycles. The van der Waals surface area contributed by atoms with E-state index in [9.17, 15) is 0 Å². The minimum absolute atomic E-state index is 0.226. The first-order chi connectivity index (χ1) is 3.66. The molecule has 0 aromatic rings. The summed E-state index contributed by atoms with van der Waals surface area (Å²) in [5, 5.41) is 0. The molecule has 0 radical (unpaired) electrons. The highest BCUT2D eigenvalue weighted by molar-refractivity contribution is 4.56. The highest BCUT2D eigenvalue weighted by atomic mass is 15.2. The first-order valence-electron chi connectivity index (χ1n) is 2.81. The second-order valence-corrected chi connectivity index (χ2v) is 2.20. The molecule has 0 aliphatic heterocycles. The van der Waals surface area contributed by atoms with Gasteiger partial charge in [-0.1, -0.05) is 0 Å². The third kappa shape index (κ3) is 4.05. The van der Waals surface area contributed by atoms with Crippen molar-refractivity contribution in [2.45, 2.75) is 13.0 Å². The largest absolute Gasteiger partial charge is 0.327 e. The monoisotopic (exact) mass is 117 g/mol. The molecule has 0 saturated carbocycles. The van der Waals surface area contributed by atoms with Crippen LogP contribution in [0.3, 0.4) is 0 Å². The molecule has 0 rings (SSSR count). The van der Waals surface area contributed by atoms with Gasteiger partial charge in [-0.3, -0.25) is 4.90 Å². The Bertz CT molecular complexity index is 53.6. The molecule has 0 aliphatic carbocycles. The van der Waals surface area contributed by atoms with Gasteiger partial charge in [0.15, 0.2) is 0 Å². The lowest BCUT2D eigenvalue weighted by molar-refractivity contribution is 0.326. The zero-order valence-electron chi connectivity index (χ0n) is 5.59. The van der Waals surface area contributed by atoms with E-state index >= 15 is 0 Å². The quantitative estimate of drug-likeness (QED) is 0.475. The maximum absolute atomic E-state index is 5.47. The number of rotatable bonds is 3. The Labute approximate surface area is 50.6 Å². The molecule has 1 atom stereocenters. The van der Waals surface area contributed by atoms with E-state index in [1.54, 1.807) is 0 Å². The van der Waals surface area contributed by atoms with Gasteiger partial charge in [0.2, 0.25) is 0 Å². The molecule has 4 N–H and O–H groups in total. The van der Waals surface area contributed by atoms with Crippen molar-refractivity contribution in [2.75, 3.05) is 20.3 Å². The lowest BCUT2D eigenvalue weighted by Crippen LogP contribution is -2.36. The van der Waals surface area contributed by atoms with Crippen LogP contribution < -0.4 is 11.5 Å². The Hall–Kier alpha value is -0.120. The predicted octanol–water partition coefficient (Wildman–Crippen LogP) is -0.818. The summed E-state index contributed by atoms with van der Waals surface area (Å²) in [6.45, 7) is 3.42. The van der Waals surface area contributed by atoms with Crippen LogP contribution in [0.25, 0.3) is 0 Å². The fourth-order valence-corrected chi connectivity index (χ4v) is 0.566. The Morgan fingerprint density at radius 3 is 2.25 bits per heavy atom. The predicted molar refractivity (Wildman–Crippen MR) is 35.3 cm³/mol. The molecule has 3 heteroatoms. The van der Waals surface area contributed by atoms with Gasteiger partial charge in [-0.15, -0.1) is 0 Å². The summed E-state index contributed by atoms with van der Waals surface area (Å²) >= 11 is 0. The van der Waals surface area contributed by atoms with E-state index in [-0.39, 0.29) is 6.04 Å². The van der Waals surface area contributed by atoms with Crippen molar-refractivity contribution < 1.29 is 0 Å². The topological polar surface area (TPSA) is 55.3 Å². The molecule has 0 aromatic carbocycles. The summed E-state index contributed by atoms with van der Waals surface area (Å²) in [5.74, 6) is 0. The molecule has 0 bridgehead atoms.